The number of nitrogens with zero attached hydrogens (tertiary/aromatic N) is 11. The van der Waals surface area contributed by atoms with E-state index in [4.69, 9.17) is 58.4 Å². The van der Waals surface area contributed by atoms with Crippen molar-refractivity contribution in [2.24, 2.45) is 12.8 Å². The molecule has 0 spiro atoms. The minimum atomic E-state index is -0.685. The molecule has 6 aromatic rings. The largest absolute Gasteiger partial charge is 0.462 e. The number of halogens is 1. The Balaban J connectivity index is 0.488. The third-order valence-electron chi connectivity index (χ3n) is 19.8. The first-order valence-electron chi connectivity index (χ1n) is 38.5. The number of primary amides is 1. The highest BCUT2D eigenvalue weighted by Crippen LogP contribution is 2.40. The van der Waals surface area contributed by atoms with Crippen LogP contribution < -0.4 is 31.9 Å². The Morgan fingerprint density at radius 1 is 0.604 bits per heavy atom. The first kappa shape index (κ1) is 83.9. The molecule has 0 bridgehead atoms. The van der Waals surface area contributed by atoms with Gasteiger partial charge in [0.05, 0.1) is 160 Å². The van der Waals surface area contributed by atoms with Crippen molar-refractivity contribution in [3.8, 4) is 11.1 Å². The van der Waals surface area contributed by atoms with E-state index in [9.17, 15) is 38.4 Å². The van der Waals surface area contributed by atoms with Crippen LogP contribution in [0.3, 0.4) is 0 Å². The van der Waals surface area contributed by atoms with Crippen LogP contribution in [0.25, 0.3) is 32.9 Å². The van der Waals surface area contributed by atoms with Gasteiger partial charge in [0, 0.05) is 114 Å². The summed E-state index contributed by atoms with van der Waals surface area (Å²) in [5.74, 6) is -2.16. The highest BCUT2D eigenvalue weighted by atomic mass is 19.1. The maximum Gasteiger partial charge on any atom is 0.325 e. The van der Waals surface area contributed by atoms with Crippen LogP contribution in [0.15, 0.2) is 67.0 Å². The van der Waals surface area contributed by atoms with Crippen molar-refractivity contribution in [1.82, 2.24) is 65.1 Å². The average molecular weight is 1550 g/mol. The van der Waals surface area contributed by atoms with Gasteiger partial charge in [0.2, 0.25) is 29.5 Å². The number of likely N-dealkylation sites (tertiary alicyclic amines) is 2. The number of carbonyl (C=O) groups excluding carboxylic acids is 8. The zero-order chi connectivity index (χ0) is 78.4. The molecule has 3 aromatic carbocycles. The van der Waals surface area contributed by atoms with Crippen molar-refractivity contribution in [2.45, 2.75) is 102 Å². The number of esters is 1. The zero-order valence-electron chi connectivity index (χ0n) is 64.1. The van der Waals surface area contributed by atoms with Gasteiger partial charge in [0.1, 0.15) is 24.7 Å². The number of piperidine rings is 3. The fraction of sp³-hybridized carbons (Fsp3) is 0.584. The number of carbonyl (C=O) groups is 8. The van der Waals surface area contributed by atoms with Crippen LogP contribution in [0.4, 0.5) is 26.5 Å². The van der Waals surface area contributed by atoms with E-state index in [1.165, 1.54) is 16.3 Å². The first-order chi connectivity index (χ1) is 53.9. The van der Waals surface area contributed by atoms with Crippen molar-refractivity contribution < 1.29 is 85.4 Å². The van der Waals surface area contributed by atoms with E-state index in [-0.39, 0.29) is 99.0 Å². The Morgan fingerprint density at radius 3 is 1.80 bits per heavy atom. The number of amides is 8. The lowest BCUT2D eigenvalue weighted by Gasteiger charge is -2.37. The van der Waals surface area contributed by atoms with Gasteiger partial charge >= 0.3 is 12.0 Å². The van der Waals surface area contributed by atoms with Crippen LogP contribution in [0, 0.1) is 5.82 Å². The highest BCUT2D eigenvalue weighted by Gasteiger charge is 2.36. The maximum absolute atomic E-state index is 16.0. The molecule has 1 atom stereocenters. The topological polar surface area (TPSA) is 371 Å². The van der Waals surface area contributed by atoms with Crippen molar-refractivity contribution in [1.29, 1.82) is 0 Å². The summed E-state index contributed by atoms with van der Waals surface area (Å²) in [4.78, 5) is 121. The molecule has 34 heteroatoms. The molecule has 0 aliphatic carbocycles. The van der Waals surface area contributed by atoms with Crippen LogP contribution in [0.5, 0.6) is 0 Å². The number of fused-ring (bicyclic) bond motifs is 2. The van der Waals surface area contributed by atoms with Crippen molar-refractivity contribution in [3.63, 3.8) is 0 Å². The molecule has 4 saturated heterocycles. The second-order valence-electron chi connectivity index (χ2n) is 28.0. The lowest BCUT2D eigenvalue weighted by molar-refractivity contribution is -0.147. The predicted molar refractivity (Wildman–Crippen MR) is 407 cm³/mol. The fourth-order valence-corrected chi connectivity index (χ4v) is 13.9. The normalized spacial score (nSPS) is 15.8. The van der Waals surface area contributed by atoms with E-state index in [0.717, 1.165) is 43.4 Å². The summed E-state index contributed by atoms with van der Waals surface area (Å²) in [5.41, 5.74) is 10.5. The summed E-state index contributed by atoms with van der Waals surface area (Å²) in [5, 5.41) is 21.6. The van der Waals surface area contributed by atoms with E-state index in [2.05, 4.69) is 48.4 Å². The van der Waals surface area contributed by atoms with Crippen LogP contribution in [-0.4, -0.2) is 293 Å². The molecular formula is C77H107FN16O17. The van der Waals surface area contributed by atoms with Crippen molar-refractivity contribution in [2.75, 3.05) is 195 Å². The number of likely N-dealkylation sites (N-methyl/N-ethyl adjacent to an activating group) is 1. The van der Waals surface area contributed by atoms with Crippen molar-refractivity contribution >= 4 is 86.6 Å². The van der Waals surface area contributed by atoms with Gasteiger partial charge in [0.15, 0.2) is 11.5 Å². The number of benzene rings is 3. The Labute approximate surface area is 645 Å². The van der Waals surface area contributed by atoms with Gasteiger partial charge < -0.3 is 94.1 Å². The van der Waals surface area contributed by atoms with Gasteiger partial charge in [0.25, 0.3) is 5.91 Å². The second kappa shape index (κ2) is 43.3. The quantitative estimate of drug-likeness (QED) is 0.0261. The van der Waals surface area contributed by atoms with Gasteiger partial charge in [-0.1, -0.05) is 24.3 Å². The summed E-state index contributed by atoms with van der Waals surface area (Å²) < 4.78 is 69.1. The summed E-state index contributed by atoms with van der Waals surface area (Å²) in [6.45, 7) is 13.7. The summed E-state index contributed by atoms with van der Waals surface area (Å²) in [6.07, 6.45) is 7.72. The smallest absolute Gasteiger partial charge is 0.325 e. The second-order valence-corrected chi connectivity index (χ2v) is 28.0. The molecule has 111 heavy (non-hydrogen) atoms. The third-order valence-corrected chi connectivity index (χ3v) is 19.8. The Hall–Kier alpha value is -9.55. The van der Waals surface area contributed by atoms with Crippen LogP contribution in [0.2, 0.25) is 0 Å². The molecule has 10 rings (SSSR count). The Kier molecular flexibility index (Phi) is 32.7. The Morgan fingerprint density at radius 2 is 1.20 bits per heavy atom. The van der Waals surface area contributed by atoms with E-state index in [0.29, 0.717) is 209 Å². The maximum atomic E-state index is 16.0. The standard InChI is InChI=1S/C77H107FN16O17/c1-53(2)111-71(100)50-82-67(96)49-81-68(97)52-94-63-9-5-8-60(61-46-64-57(45-62(61)78)47-84-89(64)4)72(63)73(87-94)56-18-25-90(26-19-56)69(98)15-14-66(95)80-21-30-104-32-34-106-36-38-108-40-42-110-44-43-109-41-39-107-37-35-105-33-31-103-29-20-70(99)91-23-16-55(17-24-91)54-10-12-58(13-11-54)85-76-74(75(79)101)83-48-65(86-76)92-22-6-7-59(51-92)93-28-27-88(3)77(93)102/h5,8-13,45-48,53,55-56,59H,6-7,14-44,49-52H2,1-4H3,(H2,79,101)(H,80,95)(H,81,97)(H,82,96)(H,85,86)/t59-/m1/s1. The minimum absolute atomic E-state index is 0.0122. The van der Waals surface area contributed by atoms with Crippen LogP contribution >= 0.6 is 0 Å². The number of hydrogen-bond donors (Lipinski definition) is 5. The van der Waals surface area contributed by atoms with Crippen LogP contribution in [-0.2, 0) is 85.0 Å². The molecule has 8 amide bonds. The number of nitrogens with two attached hydrogens (primary N) is 1. The highest BCUT2D eigenvalue weighted by molar-refractivity contribution is 6.00. The summed E-state index contributed by atoms with van der Waals surface area (Å²) >= 11 is 0. The molecule has 0 unspecified atom stereocenters. The van der Waals surface area contributed by atoms with E-state index in [1.54, 1.807) is 66.0 Å². The average Bonchev–Trinajstić information content (AvgIpc) is 1.60. The predicted octanol–water partition coefficient (Wildman–Crippen LogP) is 4.41. The number of nitrogens with one attached hydrogen (secondary N) is 4. The SMILES string of the molecule is CC(C)OC(=O)CNC(=O)CNC(=O)Cn1nc(C2CCN(C(=O)CCC(=O)NCCOCCOCCOCCOCCOCCOCCOCCOCCC(=O)N3CCC(c4ccc(Nc5nc(N6CCC[C@@H](N7CCN(C)C7=O)C6)cnc5C(N)=O)cc4)CC3)CC2)c2c(-c3cc4c(cnn4C)cc3F)cccc21. The van der Waals surface area contributed by atoms with E-state index < -0.39 is 29.5 Å². The van der Waals surface area contributed by atoms with Gasteiger partial charge in [-0.2, -0.15) is 10.2 Å². The number of hydrogen-bond acceptors (Lipinski definition) is 23. The molecular weight excluding hydrogens is 1440 g/mol. The van der Waals surface area contributed by atoms with Gasteiger partial charge in [-0.25, -0.2) is 19.2 Å². The summed E-state index contributed by atoms with van der Waals surface area (Å²) in [6, 6.07) is 16.7. The number of aryl methyl sites for hydroxylation is 1. The lowest BCUT2D eigenvalue weighted by atomic mass is 9.88. The molecule has 604 valence electrons. The molecule has 4 aliphatic heterocycles. The lowest BCUT2D eigenvalue weighted by Crippen LogP contribution is -2.49. The van der Waals surface area contributed by atoms with Gasteiger partial charge in [-0.15, -0.1) is 0 Å². The number of anilines is 3. The molecule has 7 heterocycles. The molecule has 0 saturated carbocycles. The molecule has 4 aliphatic rings. The number of rotatable bonds is 45. The number of urea groups is 1. The van der Waals surface area contributed by atoms with Gasteiger partial charge in [-0.05, 0) is 99.7 Å². The molecule has 3 aromatic heterocycles. The number of ether oxygens (including phenoxy) is 9. The molecule has 0 radical (unpaired) electrons. The van der Waals surface area contributed by atoms with Gasteiger partial charge in [-0.3, -0.25) is 42.9 Å². The third kappa shape index (κ3) is 25.2. The Bertz CT molecular complexity index is 4060. The van der Waals surface area contributed by atoms with E-state index in [1.807, 2.05) is 35.0 Å². The summed E-state index contributed by atoms with van der Waals surface area (Å²) in [7, 11) is 3.60. The molecule has 4 fully saturated rings. The van der Waals surface area contributed by atoms with Crippen LogP contribution in [0.1, 0.15) is 105 Å². The minimum Gasteiger partial charge on any atom is -0.462 e. The molecule has 33 nitrogen and oxygen atoms in total. The fourth-order valence-electron chi connectivity index (χ4n) is 13.9. The van der Waals surface area contributed by atoms with Crippen molar-refractivity contribution in [3.05, 3.63) is 89.8 Å². The van der Waals surface area contributed by atoms with E-state index >= 15 is 4.39 Å². The first-order valence-corrected chi connectivity index (χ1v) is 38.5. The molecule has 6 N–H and O–H groups in total. The monoisotopic (exact) mass is 1550 g/mol. The number of aromatic nitrogens is 6. The zero-order valence-corrected chi connectivity index (χ0v) is 64.1.